The quantitative estimate of drug-likeness (QED) is 0.0300. The van der Waals surface area contributed by atoms with E-state index in [-0.39, 0.29) is 51.3 Å². The average Bonchev–Trinajstić information content (AvgIpc) is 3.72. The van der Waals surface area contributed by atoms with Crippen LogP contribution in [-0.4, -0.2) is 80.1 Å². The van der Waals surface area contributed by atoms with Crippen molar-refractivity contribution in [2.75, 3.05) is 0 Å². The van der Waals surface area contributed by atoms with Crippen LogP contribution < -0.4 is 9.47 Å². The van der Waals surface area contributed by atoms with Gasteiger partial charge in [-0.1, -0.05) is 82.6 Å². The Labute approximate surface area is 368 Å². The number of rotatable bonds is 21. The maximum atomic E-state index is 13.6. The molecule has 1 atom stereocenters. The van der Waals surface area contributed by atoms with Gasteiger partial charge in [0.1, 0.15) is 11.5 Å². The molecule has 18 nitrogen and oxygen atoms in total. The molecule has 4 aromatic carbocycles. The van der Waals surface area contributed by atoms with E-state index in [1.807, 2.05) is 0 Å². The van der Waals surface area contributed by atoms with E-state index in [9.17, 15) is 68.4 Å². The second kappa shape index (κ2) is 19.2. The van der Waals surface area contributed by atoms with E-state index in [1.165, 1.54) is 24.3 Å². The first-order valence-corrected chi connectivity index (χ1v) is 20.4. The number of carboxylic acid groups (broad SMARTS) is 4. The topological polar surface area (TPSA) is 289 Å². The summed E-state index contributed by atoms with van der Waals surface area (Å²) in [5, 5.41) is 43.6. The molecule has 0 bridgehead atoms. The van der Waals surface area contributed by atoms with Crippen LogP contribution in [0.4, 0.5) is 0 Å². The third kappa shape index (κ3) is 8.69. The fourth-order valence-corrected chi connectivity index (χ4v) is 8.38. The Hall–Kier alpha value is -8.02. The number of carboxylic acids is 4. The summed E-state index contributed by atoms with van der Waals surface area (Å²) >= 11 is 0. The number of fused-ring (bicyclic) bond motifs is 2. The number of ether oxygens (including phenoxy) is 4. The lowest BCUT2D eigenvalue weighted by Crippen LogP contribution is -2.65. The smallest absolute Gasteiger partial charge is 0.346 e. The van der Waals surface area contributed by atoms with Gasteiger partial charge in [-0.3, -0.25) is 19.2 Å². The van der Waals surface area contributed by atoms with Crippen molar-refractivity contribution in [3.63, 3.8) is 0 Å². The minimum absolute atomic E-state index is 0.0804. The highest BCUT2D eigenvalue weighted by Crippen LogP contribution is 2.55. The summed E-state index contributed by atoms with van der Waals surface area (Å²) in [6.07, 6.45) is 5.50. The van der Waals surface area contributed by atoms with Crippen LogP contribution in [0.25, 0.3) is 0 Å². The summed E-state index contributed by atoms with van der Waals surface area (Å²) in [4.78, 5) is 129. The molecule has 336 valence electrons. The molecule has 4 N–H and O–H groups in total. The lowest BCUT2D eigenvalue weighted by atomic mass is 9.50. The van der Waals surface area contributed by atoms with Gasteiger partial charge in [-0.15, -0.1) is 0 Å². The second-order valence-corrected chi connectivity index (χ2v) is 15.3. The molecule has 0 spiro atoms. The molecule has 0 amide bonds. The number of aliphatic carboxylic acids is 4. The maximum absolute atomic E-state index is 13.6. The molecular weight excluding hydrogens is 852 g/mol. The van der Waals surface area contributed by atoms with E-state index in [0.717, 1.165) is 92.8 Å². The predicted molar refractivity (Wildman–Crippen MR) is 220 cm³/mol. The molecule has 0 radical (unpaired) electrons. The zero-order chi connectivity index (χ0) is 47.2. The Morgan fingerprint density at radius 1 is 0.508 bits per heavy atom. The molecule has 0 aromatic heterocycles. The molecule has 4 aromatic rings. The van der Waals surface area contributed by atoms with Crippen molar-refractivity contribution < 1.29 is 87.3 Å². The van der Waals surface area contributed by atoms with Crippen LogP contribution in [-0.2, 0) is 34.1 Å². The molecule has 0 fully saturated rings. The minimum atomic E-state index is -3.97. The molecule has 6 rings (SSSR count). The number of benzene rings is 4. The van der Waals surface area contributed by atoms with Crippen LogP contribution in [0.5, 0.6) is 11.5 Å². The van der Waals surface area contributed by atoms with Crippen LogP contribution in [0.15, 0.2) is 84.9 Å². The van der Waals surface area contributed by atoms with Gasteiger partial charge in [-0.2, -0.15) is 0 Å². The Kier molecular flexibility index (Phi) is 13.7. The highest BCUT2D eigenvalue weighted by molar-refractivity contribution is 6.19. The van der Waals surface area contributed by atoms with Gasteiger partial charge in [0.2, 0.25) is 0 Å². The van der Waals surface area contributed by atoms with E-state index in [2.05, 4.69) is 16.4 Å². The first kappa shape index (κ1) is 46.5. The molecule has 0 aliphatic carbocycles. The average molecular weight is 893 g/mol. The summed E-state index contributed by atoms with van der Waals surface area (Å²) in [6.45, 7) is 2.06. The van der Waals surface area contributed by atoms with Crippen molar-refractivity contribution in [1.82, 2.24) is 0 Å². The van der Waals surface area contributed by atoms with E-state index >= 15 is 0 Å². The third-order valence-electron chi connectivity index (χ3n) is 11.5. The Bertz CT molecular complexity index is 2450. The van der Waals surface area contributed by atoms with Crippen molar-refractivity contribution in [2.24, 2.45) is 11.3 Å². The molecule has 0 saturated heterocycles. The molecule has 65 heavy (non-hydrogen) atoms. The second-order valence-electron chi connectivity index (χ2n) is 15.3. The fourth-order valence-electron chi connectivity index (χ4n) is 8.38. The fraction of sp³-hybridized carbons (Fsp3) is 0.277. The van der Waals surface area contributed by atoms with Crippen LogP contribution in [0.3, 0.4) is 0 Å². The molecule has 0 saturated carbocycles. The van der Waals surface area contributed by atoms with Crippen molar-refractivity contribution >= 4 is 59.7 Å². The van der Waals surface area contributed by atoms with Gasteiger partial charge >= 0.3 is 59.7 Å². The number of carbonyl (C=O) groups is 10. The first-order valence-electron chi connectivity index (χ1n) is 20.4. The summed E-state index contributed by atoms with van der Waals surface area (Å²) in [7, 11) is 0. The number of carbonyl (C=O) groups excluding carboxylic acids is 6. The summed E-state index contributed by atoms with van der Waals surface area (Å²) < 4.78 is 20.0. The van der Waals surface area contributed by atoms with Gasteiger partial charge in [0.15, 0.2) is 0 Å². The Balaban J connectivity index is 1.44. The third-order valence-corrected chi connectivity index (χ3v) is 11.5. The lowest BCUT2D eigenvalue weighted by molar-refractivity contribution is -0.184. The number of cyclic esters (lactones) is 4. The summed E-state index contributed by atoms with van der Waals surface area (Å²) in [5.41, 5.74) is -8.82. The van der Waals surface area contributed by atoms with Crippen molar-refractivity contribution in [3.05, 3.63) is 129 Å². The van der Waals surface area contributed by atoms with Crippen LogP contribution in [0, 0.1) is 11.3 Å². The van der Waals surface area contributed by atoms with Crippen LogP contribution in [0.1, 0.15) is 138 Å². The van der Waals surface area contributed by atoms with E-state index < -0.39 is 94.0 Å². The van der Waals surface area contributed by atoms with Gasteiger partial charge < -0.3 is 39.4 Å². The van der Waals surface area contributed by atoms with Crippen LogP contribution >= 0.6 is 0 Å². The molecule has 18 heteroatoms. The minimum Gasteiger partial charge on any atom is -0.481 e. The number of unbranched alkanes of at least 4 members (excludes halogenated alkanes) is 7. The Morgan fingerprint density at radius 2 is 0.877 bits per heavy atom. The predicted octanol–water partition coefficient (Wildman–Crippen LogP) is 6.50. The van der Waals surface area contributed by atoms with Crippen molar-refractivity contribution in [1.29, 1.82) is 0 Å². The highest BCUT2D eigenvalue weighted by Gasteiger charge is 2.73. The van der Waals surface area contributed by atoms with Gasteiger partial charge in [0, 0.05) is 0 Å². The zero-order valence-electron chi connectivity index (χ0n) is 34.5. The Morgan fingerprint density at radius 3 is 1.25 bits per heavy atom. The molecule has 1 unspecified atom stereocenters. The van der Waals surface area contributed by atoms with Gasteiger partial charge in [0.05, 0.1) is 44.7 Å². The standard InChI is InChI=1S/C47H40O18/c1-2-3-4-5-6-7-8-9-10-35(36(48)49)46(47(43(56)57,44(58)59)45(60)61,27-13-17-29(18-14-27)62-37(50)25-11-21-31-33(23-25)41(54)64-39(31)52)28-15-19-30(20-16-28)63-38(51)26-12-22-32-34(24-26)42(55)65-40(32)53/h11-24,35H,2-10H2,1H3,(H,48,49)(H,56,57)(H,58,59)(H,60,61). The normalized spacial score (nSPS) is 13.6. The lowest BCUT2D eigenvalue weighted by Gasteiger charge is -2.47. The van der Waals surface area contributed by atoms with Gasteiger partial charge in [-0.25, -0.2) is 28.8 Å². The highest BCUT2D eigenvalue weighted by atomic mass is 16.6. The molecule has 2 aliphatic heterocycles. The monoisotopic (exact) mass is 892 g/mol. The first-order chi connectivity index (χ1) is 31.0. The summed E-state index contributed by atoms with van der Waals surface area (Å²) in [6, 6.07) is 15.3. The number of hydrogen-bond donors (Lipinski definition) is 4. The van der Waals surface area contributed by atoms with Crippen molar-refractivity contribution in [3.8, 4) is 11.5 Å². The van der Waals surface area contributed by atoms with Crippen LogP contribution in [0.2, 0.25) is 0 Å². The van der Waals surface area contributed by atoms with E-state index in [4.69, 9.17) is 9.47 Å². The number of hydrogen-bond acceptors (Lipinski definition) is 14. The molecular formula is C47H40O18. The maximum Gasteiger partial charge on any atom is 0.346 e. The van der Waals surface area contributed by atoms with Gasteiger partial charge in [0.25, 0.3) is 5.41 Å². The largest absolute Gasteiger partial charge is 0.481 e. The summed E-state index contributed by atoms with van der Waals surface area (Å²) in [5.74, 6) is -17.5. The SMILES string of the molecule is CCCCCCCCCCC(C(=O)O)C(c1ccc(OC(=O)c2ccc3c(c2)C(=O)OC3=O)cc1)(c1ccc(OC(=O)c2ccc3c(c2)C(=O)OC3=O)cc1)C(C(=O)O)(C(=O)O)C(=O)O. The molecule has 2 heterocycles. The van der Waals surface area contributed by atoms with Crippen molar-refractivity contribution in [2.45, 2.75) is 70.1 Å². The van der Waals surface area contributed by atoms with E-state index in [0.29, 0.717) is 12.8 Å². The van der Waals surface area contributed by atoms with Gasteiger partial charge in [-0.05, 0) is 78.2 Å². The number of esters is 6. The molecule has 2 aliphatic rings. The van der Waals surface area contributed by atoms with E-state index in [1.54, 1.807) is 0 Å². The zero-order valence-corrected chi connectivity index (χ0v) is 34.5.